The summed E-state index contributed by atoms with van der Waals surface area (Å²) in [5, 5.41) is 18.0. The average molecular weight is 142 g/mol. The van der Waals surface area contributed by atoms with Gasteiger partial charge >= 0.3 is 0 Å². The van der Waals surface area contributed by atoms with Gasteiger partial charge in [-0.3, -0.25) is 0 Å². The van der Waals surface area contributed by atoms with Gasteiger partial charge in [-0.25, -0.2) is 0 Å². The van der Waals surface area contributed by atoms with Gasteiger partial charge in [0.1, 0.15) is 6.10 Å². The molecule has 10 heavy (non-hydrogen) atoms. The molecule has 2 unspecified atom stereocenters. The fraction of sp³-hybridized carbons (Fsp3) is 0.750. The minimum atomic E-state index is -0.870. The fourth-order valence-corrected chi connectivity index (χ4v) is 0.526. The van der Waals surface area contributed by atoms with E-state index in [2.05, 4.69) is 11.8 Å². The van der Waals surface area contributed by atoms with E-state index < -0.39 is 12.2 Å². The van der Waals surface area contributed by atoms with Gasteiger partial charge in [0, 0.05) is 6.42 Å². The molecule has 0 heterocycles. The molecule has 0 saturated carbocycles. The van der Waals surface area contributed by atoms with E-state index in [9.17, 15) is 0 Å². The number of rotatable bonds is 2. The van der Waals surface area contributed by atoms with Crippen molar-refractivity contribution in [2.75, 3.05) is 0 Å². The molecule has 0 aromatic carbocycles. The van der Waals surface area contributed by atoms with E-state index in [0.29, 0.717) is 12.8 Å². The van der Waals surface area contributed by atoms with E-state index in [4.69, 9.17) is 10.2 Å². The monoisotopic (exact) mass is 142 g/mol. The minimum absolute atomic E-state index is 0.541. The van der Waals surface area contributed by atoms with Gasteiger partial charge in [0.05, 0.1) is 6.10 Å². The summed E-state index contributed by atoms with van der Waals surface area (Å²) in [4.78, 5) is 0. The van der Waals surface area contributed by atoms with Gasteiger partial charge < -0.3 is 10.2 Å². The molecule has 0 saturated heterocycles. The Morgan fingerprint density at radius 3 is 2.30 bits per heavy atom. The number of hydrogen-bond donors (Lipinski definition) is 2. The van der Waals surface area contributed by atoms with E-state index in [0.717, 1.165) is 0 Å². The van der Waals surface area contributed by atoms with Crippen LogP contribution in [-0.4, -0.2) is 22.4 Å². The Labute approximate surface area is 61.9 Å². The van der Waals surface area contributed by atoms with Gasteiger partial charge in [0.25, 0.3) is 0 Å². The lowest BCUT2D eigenvalue weighted by Crippen LogP contribution is -2.22. The summed E-state index contributed by atoms with van der Waals surface area (Å²) in [6.45, 7) is 3.71. The molecule has 2 N–H and O–H groups in total. The maximum atomic E-state index is 9.03. The van der Waals surface area contributed by atoms with Gasteiger partial charge in [0.2, 0.25) is 0 Å². The molecule has 0 fully saturated rings. The molecule has 0 aliphatic rings. The molecule has 0 radical (unpaired) electrons. The zero-order chi connectivity index (χ0) is 7.98. The van der Waals surface area contributed by atoms with Crippen LogP contribution in [0.2, 0.25) is 0 Å². The van der Waals surface area contributed by atoms with E-state index in [1.807, 2.05) is 13.8 Å². The van der Waals surface area contributed by atoms with Gasteiger partial charge in [-0.05, 0) is 6.42 Å². The summed E-state index contributed by atoms with van der Waals surface area (Å²) in [5.74, 6) is 5.24. The molecular weight excluding hydrogens is 128 g/mol. The lowest BCUT2D eigenvalue weighted by Gasteiger charge is -2.08. The normalized spacial score (nSPS) is 15.2. The molecule has 0 rings (SSSR count). The Hall–Kier alpha value is -0.520. The summed E-state index contributed by atoms with van der Waals surface area (Å²) < 4.78 is 0. The third kappa shape index (κ3) is 3.49. The third-order valence-corrected chi connectivity index (χ3v) is 1.21. The second-order valence-corrected chi connectivity index (χ2v) is 2.10. The van der Waals surface area contributed by atoms with Crippen molar-refractivity contribution in [1.29, 1.82) is 0 Å². The Kier molecular flexibility index (Phi) is 5.00. The van der Waals surface area contributed by atoms with Crippen molar-refractivity contribution in [1.82, 2.24) is 0 Å². The smallest absolute Gasteiger partial charge is 0.140 e. The van der Waals surface area contributed by atoms with Crippen molar-refractivity contribution in [3.05, 3.63) is 0 Å². The highest BCUT2D eigenvalue weighted by molar-refractivity contribution is 5.05. The summed E-state index contributed by atoms with van der Waals surface area (Å²) in [6, 6.07) is 0. The van der Waals surface area contributed by atoms with Crippen molar-refractivity contribution in [2.24, 2.45) is 0 Å². The standard InChI is InChI=1S/C8H14O2/c1-3-5-6-8(10)7(9)4-2/h7-10H,3-4H2,1-2H3. The molecule has 2 heteroatoms. The summed E-state index contributed by atoms with van der Waals surface area (Å²) in [6.07, 6.45) is -0.309. The van der Waals surface area contributed by atoms with Crippen molar-refractivity contribution in [3.63, 3.8) is 0 Å². The largest absolute Gasteiger partial charge is 0.389 e. The first kappa shape index (κ1) is 9.48. The third-order valence-electron chi connectivity index (χ3n) is 1.21. The van der Waals surface area contributed by atoms with Crippen molar-refractivity contribution in [2.45, 2.75) is 38.9 Å². The Bertz CT molecular complexity index is 132. The molecule has 2 nitrogen and oxygen atoms in total. The van der Waals surface area contributed by atoms with Crippen LogP contribution in [0.1, 0.15) is 26.7 Å². The molecule has 0 aromatic rings. The van der Waals surface area contributed by atoms with Gasteiger partial charge in [-0.2, -0.15) is 0 Å². The van der Waals surface area contributed by atoms with Crippen LogP contribution in [0.25, 0.3) is 0 Å². The van der Waals surface area contributed by atoms with Gasteiger partial charge in [0.15, 0.2) is 0 Å². The van der Waals surface area contributed by atoms with Crippen LogP contribution in [0, 0.1) is 11.8 Å². The van der Waals surface area contributed by atoms with Gasteiger partial charge in [-0.1, -0.05) is 19.8 Å². The number of aliphatic hydroxyl groups is 2. The highest BCUT2D eigenvalue weighted by Crippen LogP contribution is 1.95. The first-order chi connectivity index (χ1) is 4.72. The lowest BCUT2D eigenvalue weighted by molar-refractivity contribution is 0.0521. The lowest BCUT2D eigenvalue weighted by atomic mass is 10.1. The molecule has 2 atom stereocenters. The first-order valence-electron chi connectivity index (χ1n) is 3.56. The zero-order valence-electron chi connectivity index (χ0n) is 6.46. The maximum Gasteiger partial charge on any atom is 0.140 e. The van der Waals surface area contributed by atoms with Crippen LogP contribution < -0.4 is 0 Å². The SMILES string of the molecule is CCC#CC(O)C(O)CC. The van der Waals surface area contributed by atoms with Gasteiger partial charge in [-0.15, -0.1) is 5.92 Å². The topological polar surface area (TPSA) is 40.5 Å². The van der Waals surface area contributed by atoms with Crippen LogP contribution in [0.3, 0.4) is 0 Å². The number of aliphatic hydroxyl groups excluding tert-OH is 2. The summed E-state index contributed by atoms with van der Waals surface area (Å²) >= 11 is 0. The quantitative estimate of drug-likeness (QED) is 0.552. The molecule has 0 aliphatic heterocycles. The Balaban J connectivity index is 3.71. The first-order valence-corrected chi connectivity index (χ1v) is 3.56. The summed E-state index contributed by atoms with van der Waals surface area (Å²) in [5.41, 5.74) is 0. The Morgan fingerprint density at radius 2 is 1.90 bits per heavy atom. The molecule has 0 bridgehead atoms. The Morgan fingerprint density at radius 1 is 1.30 bits per heavy atom. The fourth-order valence-electron chi connectivity index (χ4n) is 0.526. The predicted octanol–water partition coefficient (Wildman–Crippen LogP) is 0.532. The molecule has 58 valence electrons. The van der Waals surface area contributed by atoms with Crippen LogP contribution in [0.4, 0.5) is 0 Å². The van der Waals surface area contributed by atoms with Crippen molar-refractivity contribution in [3.8, 4) is 11.8 Å². The van der Waals surface area contributed by atoms with E-state index in [-0.39, 0.29) is 0 Å². The van der Waals surface area contributed by atoms with Crippen LogP contribution in [0.5, 0.6) is 0 Å². The predicted molar refractivity (Wildman–Crippen MR) is 40.4 cm³/mol. The molecule has 0 amide bonds. The van der Waals surface area contributed by atoms with Crippen LogP contribution >= 0.6 is 0 Å². The van der Waals surface area contributed by atoms with E-state index in [1.54, 1.807) is 0 Å². The average Bonchev–Trinajstić information content (AvgIpc) is 1.98. The van der Waals surface area contributed by atoms with Crippen molar-refractivity contribution >= 4 is 0 Å². The maximum absolute atomic E-state index is 9.03. The molecule has 0 spiro atoms. The van der Waals surface area contributed by atoms with Crippen molar-refractivity contribution < 1.29 is 10.2 Å². The molecule has 0 aliphatic carbocycles. The zero-order valence-corrected chi connectivity index (χ0v) is 6.46. The van der Waals surface area contributed by atoms with E-state index in [1.165, 1.54) is 0 Å². The van der Waals surface area contributed by atoms with Crippen LogP contribution in [-0.2, 0) is 0 Å². The molecular formula is C8H14O2. The minimum Gasteiger partial charge on any atom is -0.389 e. The second kappa shape index (κ2) is 5.28. The highest BCUT2D eigenvalue weighted by atomic mass is 16.3. The second-order valence-electron chi connectivity index (χ2n) is 2.10. The number of hydrogen-bond acceptors (Lipinski definition) is 2. The van der Waals surface area contributed by atoms with E-state index >= 15 is 0 Å². The van der Waals surface area contributed by atoms with Crippen LogP contribution in [0.15, 0.2) is 0 Å². The molecule has 0 aromatic heterocycles. The highest BCUT2D eigenvalue weighted by Gasteiger charge is 2.09. The summed E-state index contributed by atoms with van der Waals surface area (Å²) in [7, 11) is 0.